The van der Waals surface area contributed by atoms with E-state index in [1.807, 2.05) is 30.3 Å². The normalized spacial score (nSPS) is 11.9. The van der Waals surface area contributed by atoms with Gasteiger partial charge in [-0.2, -0.15) is 22.2 Å². The Labute approximate surface area is 214 Å². The predicted molar refractivity (Wildman–Crippen MR) is 159 cm³/mol. The van der Waals surface area contributed by atoms with Crippen molar-refractivity contribution in [2.75, 3.05) is 18.3 Å². The summed E-state index contributed by atoms with van der Waals surface area (Å²) in [4.78, 5) is 11.5. The zero-order chi connectivity index (χ0) is 25.1. The average molecular weight is 481 g/mol. The minimum Gasteiger partial charge on any atom is -0.289 e. The van der Waals surface area contributed by atoms with E-state index in [1.165, 1.54) is 16.4 Å². The highest BCUT2D eigenvalue weighted by atomic mass is 32.2. The molecular formula is C32H37BOS. The predicted octanol–water partition coefficient (Wildman–Crippen LogP) is 5.70. The van der Waals surface area contributed by atoms with Crippen LogP contribution in [0.15, 0.2) is 121 Å². The van der Waals surface area contributed by atoms with Crippen LogP contribution in [0.5, 0.6) is 0 Å². The molecule has 1 atom stereocenters. The lowest BCUT2D eigenvalue weighted by Crippen LogP contribution is -2.69. The molecule has 0 saturated heterocycles. The van der Waals surface area contributed by atoms with Crippen LogP contribution in [0.25, 0.3) is 0 Å². The van der Waals surface area contributed by atoms with E-state index in [0.717, 1.165) is 12.0 Å². The Morgan fingerprint density at radius 1 is 0.657 bits per heavy atom. The number of hydrogen-bond donors (Lipinski definition) is 0. The standard InChI is InChI=1S/C22H24B.C10H13OS/c1-3-19(2)23(20-13-7-4-8-14-20,21-15-9-5-10-16-21)22-17-11-6-12-18-22;1-12(2)8-10(11)9-6-4-3-5-7-9/h4-19H,3H2,1-2H3;3-7H,8H2,1-2H3/q-1;+1. The highest BCUT2D eigenvalue weighted by Gasteiger charge is 2.33. The molecule has 35 heavy (non-hydrogen) atoms. The maximum absolute atomic E-state index is 11.5. The molecule has 0 aliphatic rings. The highest BCUT2D eigenvalue weighted by Crippen LogP contribution is 2.25. The summed E-state index contributed by atoms with van der Waals surface area (Å²) in [5.74, 6) is 1.48. The summed E-state index contributed by atoms with van der Waals surface area (Å²) in [7, 11) is 0.204. The van der Waals surface area contributed by atoms with Gasteiger partial charge in [-0.25, -0.2) is 0 Å². The summed E-state index contributed by atoms with van der Waals surface area (Å²) in [5.41, 5.74) is 5.12. The minimum absolute atomic E-state index is 0.204. The first-order valence-electron chi connectivity index (χ1n) is 12.4. The van der Waals surface area contributed by atoms with Gasteiger partial charge < -0.3 is 0 Å². The second kappa shape index (κ2) is 13.2. The fourth-order valence-corrected chi connectivity index (χ4v) is 5.85. The first kappa shape index (κ1) is 26.6. The van der Waals surface area contributed by atoms with Crippen molar-refractivity contribution >= 4 is 39.2 Å². The molecule has 0 fully saturated rings. The van der Waals surface area contributed by atoms with Crippen molar-refractivity contribution in [3.63, 3.8) is 0 Å². The van der Waals surface area contributed by atoms with Crippen LogP contribution < -0.4 is 16.4 Å². The summed E-state index contributed by atoms with van der Waals surface area (Å²) in [6.45, 7) is 4.70. The van der Waals surface area contributed by atoms with Gasteiger partial charge in [0.1, 0.15) is 0 Å². The molecule has 0 spiro atoms. The van der Waals surface area contributed by atoms with E-state index < -0.39 is 6.15 Å². The van der Waals surface area contributed by atoms with E-state index in [9.17, 15) is 4.79 Å². The van der Waals surface area contributed by atoms with Crippen molar-refractivity contribution in [3.8, 4) is 0 Å². The molecule has 1 unspecified atom stereocenters. The number of benzene rings is 4. The topological polar surface area (TPSA) is 17.1 Å². The molecule has 0 radical (unpaired) electrons. The van der Waals surface area contributed by atoms with Gasteiger partial charge in [-0.3, -0.25) is 4.79 Å². The molecule has 0 amide bonds. The van der Waals surface area contributed by atoms with Crippen molar-refractivity contribution in [2.24, 2.45) is 0 Å². The lowest BCUT2D eigenvalue weighted by Gasteiger charge is -2.48. The Morgan fingerprint density at radius 2 is 1.00 bits per heavy atom. The summed E-state index contributed by atoms with van der Waals surface area (Å²) in [6, 6.07) is 42.6. The van der Waals surface area contributed by atoms with Gasteiger partial charge in [-0.1, -0.05) is 142 Å². The third kappa shape index (κ3) is 6.55. The Balaban J connectivity index is 0.000000241. The monoisotopic (exact) mass is 480 g/mol. The number of hydrogen-bond acceptors (Lipinski definition) is 1. The second-order valence-corrected chi connectivity index (χ2v) is 11.7. The number of carbonyl (C=O) groups is 1. The molecule has 0 saturated carbocycles. The molecule has 180 valence electrons. The van der Waals surface area contributed by atoms with Crippen LogP contribution in [0.3, 0.4) is 0 Å². The molecule has 4 aromatic carbocycles. The maximum atomic E-state index is 11.5. The molecule has 0 bridgehead atoms. The zero-order valence-corrected chi connectivity index (χ0v) is 22.2. The van der Waals surface area contributed by atoms with Crippen molar-refractivity contribution in [1.29, 1.82) is 0 Å². The van der Waals surface area contributed by atoms with Crippen molar-refractivity contribution in [3.05, 3.63) is 127 Å². The molecule has 0 heterocycles. The Hall–Kier alpha value is -3.04. The van der Waals surface area contributed by atoms with Crippen LogP contribution in [0, 0.1) is 0 Å². The van der Waals surface area contributed by atoms with Gasteiger partial charge in [0.25, 0.3) is 0 Å². The Kier molecular flexibility index (Phi) is 9.99. The molecular weight excluding hydrogens is 443 g/mol. The Morgan fingerprint density at radius 3 is 1.31 bits per heavy atom. The smallest absolute Gasteiger partial charge is 0.211 e. The fraction of sp³-hybridized carbons (Fsp3) is 0.219. The second-order valence-electron chi connectivity index (χ2n) is 9.47. The van der Waals surface area contributed by atoms with Crippen LogP contribution in [0.1, 0.15) is 30.6 Å². The van der Waals surface area contributed by atoms with Gasteiger partial charge >= 0.3 is 0 Å². The van der Waals surface area contributed by atoms with Gasteiger partial charge in [0.15, 0.2) is 5.75 Å². The number of rotatable bonds is 8. The van der Waals surface area contributed by atoms with Crippen LogP contribution >= 0.6 is 0 Å². The van der Waals surface area contributed by atoms with Crippen molar-refractivity contribution in [1.82, 2.24) is 0 Å². The quantitative estimate of drug-likeness (QED) is 0.180. The number of Topliss-reactive ketones (excluding diaryl/α,β-unsaturated/α-hetero) is 1. The van der Waals surface area contributed by atoms with Gasteiger partial charge in [0, 0.05) is 5.56 Å². The van der Waals surface area contributed by atoms with E-state index in [2.05, 4.69) is 117 Å². The third-order valence-electron chi connectivity index (χ3n) is 6.99. The van der Waals surface area contributed by atoms with Gasteiger partial charge in [-0.15, -0.1) is 0 Å². The fourth-order valence-electron chi connectivity index (χ4n) is 5.16. The molecule has 0 aromatic heterocycles. The first-order valence-corrected chi connectivity index (χ1v) is 14.7. The molecule has 3 heteroatoms. The number of carbonyl (C=O) groups excluding carboxylic acids is 1. The van der Waals surface area contributed by atoms with E-state index in [4.69, 9.17) is 0 Å². The van der Waals surface area contributed by atoms with Crippen LogP contribution in [0.4, 0.5) is 0 Å². The zero-order valence-electron chi connectivity index (χ0n) is 21.4. The van der Waals surface area contributed by atoms with Gasteiger partial charge in [0.05, 0.1) is 18.7 Å². The van der Waals surface area contributed by atoms with Gasteiger partial charge in [0.2, 0.25) is 5.78 Å². The van der Waals surface area contributed by atoms with Crippen LogP contribution in [0.2, 0.25) is 5.82 Å². The third-order valence-corrected chi connectivity index (χ3v) is 7.83. The maximum Gasteiger partial charge on any atom is 0.211 e. The highest BCUT2D eigenvalue weighted by molar-refractivity contribution is 7.96. The van der Waals surface area contributed by atoms with E-state index in [1.54, 1.807) is 0 Å². The summed E-state index contributed by atoms with van der Waals surface area (Å²) < 4.78 is 0. The van der Waals surface area contributed by atoms with E-state index in [0.29, 0.717) is 11.6 Å². The van der Waals surface area contributed by atoms with E-state index in [-0.39, 0.29) is 16.7 Å². The minimum atomic E-state index is -0.974. The average Bonchev–Trinajstić information content (AvgIpc) is 2.91. The van der Waals surface area contributed by atoms with Crippen molar-refractivity contribution < 1.29 is 4.79 Å². The SMILES string of the molecule is CCC(C)[B-](c1ccccc1)(c1ccccc1)c1ccccc1.C[S+](C)CC(=O)c1ccccc1. The molecule has 0 N–H and O–H groups in total. The number of ketones is 1. The van der Waals surface area contributed by atoms with Crippen molar-refractivity contribution in [2.45, 2.75) is 26.1 Å². The summed E-state index contributed by atoms with van der Waals surface area (Å²) in [6.07, 6.45) is 4.35. The largest absolute Gasteiger partial charge is 0.289 e. The Bertz CT molecular complexity index is 1050. The van der Waals surface area contributed by atoms with Gasteiger partial charge in [-0.05, 0) is 10.9 Å². The van der Waals surface area contributed by atoms with Crippen LogP contribution in [-0.2, 0) is 10.9 Å². The van der Waals surface area contributed by atoms with Crippen LogP contribution in [-0.4, -0.2) is 30.2 Å². The first-order chi connectivity index (χ1) is 17.0. The molecule has 4 aromatic rings. The summed E-state index contributed by atoms with van der Waals surface area (Å²) in [5, 5.41) is 0. The lowest BCUT2D eigenvalue weighted by atomic mass is 9.10. The molecule has 0 aliphatic carbocycles. The molecule has 1 nitrogen and oxygen atoms in total. The van der Waals surface area contributed by atoms with E-state index >= 15 is 0 Å². The lowest BCUT2D eigenvalue weighted by molar-refractivity contribution is 0.102. The summed E-state index contributed by atoms with van der Waals surface area (Å²) >= 11 is 0. The molecule has 4 rings (SSSR count). The molecule has 0 aliphatic heterocycles.